The molecule has 2 atom stereocenters. The topological polar surface area (TPSA) is 98.9 Å². The van der Waals surface area contributed by atoms with Crippen LogP contribution in [0.3, 0.4) is 0 Å². The van der Waals surface area contributed by atoms with Crippen molar-refractivity contribution in [3.8, 4) is 0 Å². The van der Waals surface area contributed by atoms with Crippen molar-refractivity contribution >= 4 is 29.6 Å². The van der Waals surface area contributed by atoms with Crippen LogP contribution in [-0.4, -0.2) is 46.0 Å². The van der Waals surface area contributed by atoms with E-state index in [0.717, 1.165) is 11.1 Å². The molecule has 1 unspecified atom stereocenters. The monoisotopic (exact) mass is 478 g/mol. The summed E-state index contributed by atoms with van der Waals surface area (Å²) in [6, 6.07) is 18.8. The Morgan fingerprint density at radius 3 is 2.29 bits per heavy atom. The highest BCUT2D eigenvalue weighted by atomic mass is 32.2. The first-order valence-electron chi connectivity index (χ1n) is 10.9. The van der Waals surface area contributed by atoms with Gasteiger partial charge >= 0.3 is 11.9 Å². The lowest BCUT2D eigenvalue weighted by atomic mass is 9.84. The van der Waals surface area contributed by atoms with Crippen LogP contribution in [0.25, 0.3) is 0 Å². The van der Waals surface area contributed by atoms with Crippen molar-refractivity contribution in [2.45, 2.75) is 30.4 Å². The van der Waals surface area contributed by atoms with Crippen LogP contribution in [-0.2, 0) is 23.9 Å². The van der Waals surface area contributed by atoms with Crippen LogP contribution in [0, 0.1) is 0 Å². The van der Waals surface area contributed by atoms with E-state index in [-0.39, 0.29) is 24.6 Å². The molecule has 34 heavy (non-hydrogen) atoms. The highest BCUT2D eigenvalue weighted by Crippen LogP contribution is 2.47. The zero-order valence-corrected chi connectivity index (χ0v) is 19.6. The summed E-state index contributed by atoms with van der Waals surface area (Å²) >= 11 is 1.43. The molecule has 1 fully saturated rings. The second-order valence-corrected chi connectivity index (χ2v) is 9.28. The minimum Gasteiger partial charge on any atom is -0.461 e. The number of hydrogen-bond donors (Lipinski definition) is 1. The summed E-state index contributed by atoms with van der Waals surface area (Å²) in [7, 11) is 0. The summed E-state index contributed by atoms with van der Waals surface area (Å²) in [6.07, 6.45) is 1.21. The van der Waals surface area contributed by atoms with Crippen molar-refractivity contribution in [3.63, 3.8) is 0 Å². The number of nitrogens with zero attached hydrogens (tertiary/aromatic N) is 1. The number of nitrogens with two attached hydrogens (primary N) is 1. The fourth-order valence-corrected chi connectivity index (χ4v) is 5.60. The normalized spacial score (nSPS) is 21.6. The molecular formula is C26H26N2O5S. The van der Waals surface area contributed by atoms with Gasteiger partial charge in [-0.2, -0.15) is 0 Å². The van der Waals surface area contributed by atoms with Gasteiger partial charge in [-0.1, -0.05) is 66.7 Å². The minimum atomic E-state index is -1.14. The molecule has 0 spiro atoms. The van der Waals surface area contributed by atoms with Gasteiger partial charge in [0.15, 0.2) is 6.10 Å². The molecule has 2 heterocycles. The van der Waals surface area contributed by atoms with Crippen LogP contribution in [0.4, 0.5) is 0 Å². The van der Waals surface area contributed by atoms with Crippen LogP contribution < -0.4 is 5.73 Å². The summed E-state index contributed by atoms with van der Waals surface area (Å²) in [6.45, 7) is 4.89. The van der Waals surface area contributed by atoms with E-state index in [9.17, 15) is 14.4 Å². The van der Waals surface area contributed by atoms with Gasteiger partial charge in [0.1, 0.15) is 23.2 Å². The second kappa shape index (κ2) is 9.87. The highest BCUT2D eigenvalue weighted by Gasteiger charge is 2.62. The first-order chi connectivity index (χ1) is 16.4. The number of ether oxygens (including phenoxy) is 2. The molecule has 2 aliphatic rings. The van der Waals surface area contributed by atoms with Gasteiger partial charge in [0.05, 0.1) is 0 Å². The van der Waals surface area contributed by atoms with Gasteiger partial charge in [0.25, 0.3) is 5.91 Å². The third-order valence-electron chi connectivity index (χ3n) is 5.84. The molecule has 7 nitrogen and oxygen atoms in total. The third kappa shape index (κ3) is 4.38. The number of carbonyl (C=O) groups excluding carboxylic acids is 3. The van der Waals surface area contributed by atoms with Gasteiger partial charge < -0.3 is 15.2 Å². The smallest absolute Gasteiger partial charge is 0.356 e. The van der Waals surface area contributed by atoms with Crippen LogP contribution in [0.1, 0.15) is 30.6 Å². The first kappa shape index (κ1) is 23.8. The quantitative estimate of drug-likeness (QED) is 0.353. The van der Waals surface area contributed by atoms with E-state index in [0.29, 0.717) is 11.3 Å². The summed E-state index contributed by atoms with van der Waals surface area (Å²) in [5.74, 6) is -1.15. The van der Waals surface area contributed by atoms with Gasteiger partial charge in [-0.15, -0.1) is 18.3 Å². The Kier molecular flexibility index (Phi) is 6.90. The molecule has 0 radical (unpaired) electrons. The zero-order chi connectivity index (χ0) is 24.3. The molecule has 176 valence electrons. The lowest BCUT2D eigenvalue weighted by molar-refractivity contribution is -0.158. The molecular weight excluding hydrogens is 452 g/mol. The minimum absolute atomic E-state index is 0.0944. The van der Waals surface area contributed by atoms with Crippen molar-refractivity contribution in [2.75, 3.05) is 12.4 Å². The number of amides is 1. The number of carbonyl (C=O) groups is 3. The van der Waals surface area contributed by atoms with E-state index < -0.39 is 29.0 Å². The third-order valence-corrected chi connectivity index (χ3v) is 7.30. The summed E-state index contributed by atoms with van der Waals surface area (Å²) in [5, 5.41) is -0.437. The van der Waals surface area contributed by atoms with E-state index in [1.807, 2.05) is 60.7 Å². The van der Waals surface area contributed by atoms with Crippen molar-refractivity contribution in [1.29, 1.82) is 0 Å². The molecule has 1 saturated heterocycles. The predicted molar refractivity (Wildman–Crippen MR) is 129 cm³/mol. The maximum atomic E-state index is 13.6. The number of fused-ring (bicyclic) bond motifs is 1. The summed E-state index contributed by atoms with van der Waals surface area (Å²) < 4.78 is 11.2. The van der Waals surface area contributed by atoms with E-state index in [4.69, 9.17) is 15.2 Å². The maximum Gasteiger partial charge on any atom is 0.356 e. The van der Waals surface area contributed by atoms with Crippen molar-refractivity contribution in [2.24, 2.45) is 5.73 Å². The van der Waals surface area contributed by atoms with Crippen molar-refractivity contribution < 1.29 is 23.9 Å². The molecule has 0 aromatic heterocycles. The predicted octanol–water partition coefficient (Wildman–Crippen LogP) is 3.33. The Morgan fingerprint density at radius 1 is 1.18 bits per heavy atom. The highest BCUT2D eigenvalue weighted by molar-refractivity contribution is 8.00. The molecule has 2 N–H and O–H groups in total. The van der Waals surface area contributed by atoms with Crippen LogP contribution in [0.15, 0.2) is 84.6 Å². The molecule has 1 amide bonds. The molecule has 0 bridgehead atoms. The van der Waals surface area contributed by atoms with Crippen molar-refractivity contribution in [3.05, 3.63) is 95.7 Å². The Labute approximate surface area is 202 Å². The number of thioether (sulfide) groups is 1. The second-order valence-electron chi connectivity index (χ2n) is 8.21. The van der Waals surface area contributed by atoms with E-state index in [1.54, 1.807) is 6.08 Å². The number of hydrogen-bond acceptors (Lipinski definition) is 7. The van der Waals surface area contributed by atoms with Gasteiger partial charge in [-0.25, -0.2) is 4.79 Å². The number of esters is 2. The fourth-order valence-electron chi connectivity index (χ4n) is 4.18. The van der Waals surface area contributed by atoms with E-state index >= 15 is 0 Å². The molecule has 0 aliphatic carbocycles. The average Bonchev–Trinajstić information content (AvgIpc) is 2.86. The van der Waals surface area contributed by atoms with Gasteiger partial charge in [0.2, 0.25) is 0 Å². The standard InChI is InChI=1S/C26H26N2O5S/c1-3-14-26(27)24(31)28-21(20(15-32-17(2)29)16-34-25(26)28)23(30)33-22(18-10-6-4-7-11-18)19-12-8-5-9-13-19/h3-13,22,25H,1,14-16,27H2,2H3/t25-,26?/m1/s1. The van der Waals surface area contributed by atoms with Gasteiger partial charge in [-0.3, -0.25) is 14.5 Å². The Balaban J connectivity index is 1.70. The van der Waals surface area contributed by atoms with Gasteiger partial charge in [0, 0.05) is 18.2 Å². The molecule has 2 aromatic rings. The first-order valence-corrected chi connectivity index (χ1v) is 11.9. The Bertz CT molecular complexity index is 1090. The van der Waals surface area contributed by atoms with E-state index in [2.05, 4.69) is 6.58 Å². The molecule has 2 aromatic carbocycles. The average molecular weight is 479 g/mol. The Hall–Kier alpha value is -3.36. The van der Waals surface area contributed by atoms with Crippen LogP contribution in [0.2, 0.25) is 0 Å². The fraction of sp³-hybridized carbons (Fsp3) is 0.269. The lowest BCUT2D eigenvalue weighted by Gasteiger charge is -2.55. The largest absolute Gasteiger partial charge is 0.461 e. The number of benzene rings is 2. The molecule has 0 saturated carbocycles. The van der Waals surface area contributed by atoms with Gasteiger partial charge in [-0.05, 0) is 17.5 Å². The van der Waals surface area contributed by atoms with Crippen LogP contribution >= 0.6 is 11.8 Å². The molecule has 8 heteroatoms. The van der Waals surface area contributed by atoms with Crippen molar-refractivity contribution in [1.82, 2.24) is 4.90 Å². The van der Waals surface area contributed by atoms with Crippen LogP contribution in [0.5, 0.6) is 0 Å². The molecule has 4 rings (SSSR count). The lowest BCUT2D eigenvalue weighted by Crippen LogP contribution is -2.77. The summed E-state index contributed by atoms with van der Waals surface area (Å²) in [5.41, 5.74) is 7.43. The number of rotatable bonds is 8. The Morgan fingerprint density at radius 2 is 1.76 bits per heavy atom. The maximum absolute atomic E-state index is 13.6. The number of β-lactam (4-membered cyclic amide) rings is 1. The van der Waals surface area contributed by atoms with E-state index in [1.165, 1.54) is 23.6 Å². The summed E-state index contributed by atoms with van der Waals surface area (Å²) in [4.78, 5) is 39.6. The SMILES string of the molecule is C=CCC1(N)C(=O)N2C(C(=O)OC(c3ccccc3)c3ccccc3)=C(COC(C)=O)CS[C@@H]21. The zero-order valence-electron chi connectivity index (χ0n) is 18.8. The molecule has 2 aliphatic heterocycles.